The van der Waals surface area contributed by atoms with Crippen molar-refractivity contribution < 1.29 is 53.9 Å². The first kappa shape index (κ1) is 5040. The van der Waals surface area contributed by atoms with Crippen molar-refractivity contribution in [1.82, 2.24) is 24.6 Å². The number of halogens is 1. The Bertz CT molecular complexity index is 19.5. The predicted octanol–water partition coefficient (Wildman–Crippen LogP) is -3.88. The third-order valence-corrected chi connectivity index (χ3v) is 0. The van der Waals surface area contributed by atoms with E-state index in [4.69, 9.17) is 0 Å². The van der Waals surface area contributed by atoms with Crippen LogP contribution in [0, 0.1) is 0 Å². The molecule has 0 rings (SSSR count). The molecule has 10 nitrogen and oxygen atoms in total. The molecule has 0 atom stereocenters. The zero-order chi connectivity index (χ0) is 0. The second-order valence-corrected chi connectivity index (χ2v) is 0. The van der Waals surface area contributed by atoms with Gasteiger partial charge in [-0.3, -0.25) is 0 Å². The summed E-state index contributed by atoms with van der Waals surface area (Å²) < 4.78 is 0. The van der Waals surface area contributed by atoms with Gasteiger partial charge in [-0.05, 0) is 0 Å². The smallest absolute Gasteiger partial charge is 0 e. The molecule has 0 unspecified atom stereocenters. The van der Waals surface area contributed by atoms with Crippen molar-refractivity contribution in [3.63, 3.8) is 0 Å². The summed E-state index contributed by atoms with van der Waals surface area (Å²) in [5.41, 5.74) is 0. The van der Waals surface area contributed by atoms with Gasteiger partial charge < -0.3 is 57.5 Å². The van der Waals surface area contributed by atoms with Gasteiger partial charge in [0, 0.05) is 21.1 Å². The van der Waals surface area contributed by atoms with Crippen LogP contribution in [0.4, 0.5) is 0 Å². The van der Waals surface area contributed by atoms with E-state index in [1.807, 2.05) is 0 Å². The fourth-order valence-electron chi connectivity index (χ4n) is 0. The minimum absolute atomic E-state index is 0. The Morgan fingerprint density at radius 1 is 0.333 bits per heavy atom. The first-order valence-corrected chi connectivity index (χ1v) is 0. The van der Waals surface area contributed by atoms with Crippen LogP contribution in [0.5, 0.6) is 0 Å². The topological polar surface area (TPSA) is 329 Å². The van der Waals surface area contributed by atoms with E-state index >= 15 is 0 Å². The van der Waals surface area contributed by atoms with E-state index in [9.17, 15) is 0 Å². The van der Waals surface area contributed by atoms with Crippen molar-refractivity contribution in [2.75, 3.05) is 0 Å². The van der Waals surface area contributed by atoms with Crippen LogP contribution in [0.2, 0.25) is 0 Å². The van der Waals surface area contributed by atoms with Gasteiger partial charge in [-0.15, -0.1) is 12.4 Å². The summed E-state index contributed by atoms with van der Waals surface area (Å²) in [5.74, 6) is 0. The maximum absolute atomic E-state index is 0. The first-order valence-electron chi connectivity index (χ1n) is 0. The van der Waals surface area contributed by atoms with Crippen LogP contribution in [0.1, 0.15) is 0 Å². The van der Waals surface area contributed by atoms with Crippen molar-refractivity contribution in [2.45, 2.75) is 0 Å². The second-order valence-electron chi connectivity index (χ2n) is 0. The van der Waals surface area contributed by atoms with Gasteiger partial charge in [-0.1, -0.05) is 0 Å². The van der Waals surface area contributed by atoms with Crippen LogP contribution in [0.3, 0.4) is 0 Å². The summed E-state index contributed by atoms with van der Waals surface area (Å²) in [6.07, 6.45) is 0. The third kappa shape index (κ3) is 2900. The molecule has 98 valence electrons. The van der Waals surface area contributed by atoms with Crippen molar-refractivity contribution >= 4 is 12.4 Å². The number of rotatable bonds is 0. The quantitative estimate of drug-likeness (QED) is 0.312. The average molecular weight is 408 g/mol. The van der Waals surface area contributed by atoms with Crippen LogP contribution >= 0.6 is 12.4 Å². The summed E-state index contributed by atoms with van der Waals surface area (Å²) in [6, 6.07) is 0. The van der Waals surface area contributed by atoms with E-state index in [0.29, 0.717) is 0 Å². The predicted molar refractivity (Wildman–Crippen MR) is 49.0 cm³/mol. The molecule has 0 saturated heterocycles. The summed E-state index contributed by atoms with van der Waals surface area (Å²) in [5, 5.41) is 0. The molecule has 0 radical (unpaired) electrons. The minimum atomic E-state index is 0. The molecule has 0 aliphatic carbocycles. The fraction of sp³-hybridized carbons (Fsp3) is 0. The van der Waals surface area contributed by atoms with Crippen LogP contribution in [0.15, 0.2) is 0 Å². The molecule has 0 bridgehead atoms. The monoisotopic (exact) mass is 407 g/mol. The van der Waals surface area contributed by atoms with Crippen LogP contribution in [-0.2, 0) is 21.1 Å². The standard InChI is InChI=1S/ClH.4H3N.6H2O.Pt/h1H;4*1H3;6*1H2;. The second kappa shape index (κ2) is 3870. The fourth-order valence-corrected chi connectivity index (χ4v) is 0. The van der Waals surface area contributed by atoms with Crippen molar-refractivity contribution in [2.24, 2.45) is 0 Å². The number of hydrogen-bond donors (Lipinski definition) is 4. The summed E-state index contributed by atoms with van der Waals surface area (Å²) in [6.45, 7) is 0. The van der Waals surface area contributed by atoms with E-state index in [-0.39, 0.29) is 90.9 Å². The van der Waals surface area contributed by atoms with Gasteiger partial charge in [-0.25, -0.2) is 0 Å². The third-order valence-electron chi connectivity index (χ3n) is 0. The summed E-state index contributed by atoms with van der Waals surface area (Å²) >= 11 is 0. The van der Waals surface area contributed by atoms with Gasteiger partial charge in [-0.2, -0.15) is 0 Å². The Morgan fingerprint density at radius 2 is 0.333 bits per heavy atom. The van der Waals surface area contributed by atoms with Crippen molar-refractivity contribution in [1.29, 1.82) is 0 Å². The van der Waals surface area contributed by atoms with Gasteiger partial charge in [0.2, 0.25) is 0 Å². The molecule has 0 aliphatic heterocycles. The van der Waals surface area contributed by atoms with Gasteiger partial charge in [0.25, 0.3) is 0 Å². The number of hydrogen-bond acceptors (Lipinski definition) is 4. The SMILES string of the molecule is Cl.N.N.N.N.O.O.O.O.O.O.[Pt]. The Hall–Kier alpha value is 0.578. The molecule has 0 aliphatic rings. The molecule has 0 amide bonds. The van der Waals surface area contributed by atoms with Crippen LogP contribution in [0.25, 0.3) is 0 Å². The molecule has 0 saturated carbocycles. The Morgan fingerprint density at radius 3 is 0.333 bits per heavy atom. The van der Waals surface area contributed by atoms with Gasteiger partial charge in [0.15, 0.2) is 0 Å². The zero-order valence-electron chi connectivity index (χ0n) is 6.55. The molecule has 0 heterocycles. The average Bonchev–Trinajstić information content (AvgIpc) is 0. The molecule has 0 spiro atoms. The Labute approximate surface area is 91.3 Å². The molecular weight excluding hydrogens is 383 g/mol. The Balaban J connectivity index is 0. The van der Waals surface area contributed by atoms with E-state index in [0.717, 1.165) is 0 Å². The molecule has 0 aromatic carbocycles. The molecule has 0 aromatic heterocycles. The minimum Gasteiger partial charge on any atom is -0.412 e. The van der Waals surface area contributed by atoms with Crippen molar-refractivity contribution in [3.8, 4) is 0 Å². The van der Waals surface area contributed by atoms with E-state index in [1.54, 1.807) is 0 Å². The molecule has 24 N–H and O–H groups in total. The maximum Gasteiger partial charge on any atom is 0 e. The Kier molecular flexibility index (Phi) is 1630000. The molecule has 12 heteroatoms. The molecule has 0 aromatic rings. The van der Waals surface area contributed by atoms with Crippen molar-refractivity contribution in [3.05, 3.63) is 0 Å². The van der Waals surface area contributed by atoms with Crippen LogP contribution < -0.4 is 24.6 Å². The molecule has 12 heavy (non-hydrogen) atoms. The largest absolute Gasteiger partial charge is 0.412 e. The van der Waals surface area contributed by atoms with E-state index < -0.39 is 0 Å². The summed E-state index contributed by atoms with van der Waals surface area (Å²) in [7, 11) is 0. The first-order chi connectivity index (χ1) is 0. The van der Waals surface area contributed by atoms with Gasteiger partial charge in [0.1, 0.15) is 0 Å². The van der Waals surface area contributed by atoms with E-state index in [1.165, 1.54) is 0 Å². The molecule has 0 fully saturated rings. The van der Waals surface area contributed by atoms with E-state index in [2.05, 4.69) is 0 Å². The van der Waals surface area contributed by atoms with Gasteiger partial charge >= 0.3 is 0 Å². The molecular formula is H25ClN4O6Pt. The van der Waals surface area contributed by atoms with Crippen LogP contribution in [-0.4, -0.2) is 32.9 Å². The van der Waals surface area contributed by atoms with Gasteiger partial charge in [0.05, 0.1) is 0 Å². The maximum atomic E-state index is 0. The normalized spacial score (nSPS) is 0. The summed E-state index contributed by atoms with van der Waals surface area (Å²) in [4.78, 5) is 0. The zero-order valence-corrected chi connectivity index (χ0v) is 9.64.